The summed E-state index contributed by atoms with van der Waals surface area (Å²) in [6, 6.07) is 1.58. The van der Waals surface area contributed by atoms with Crippen molar-refractivity contribution in [1.29, 1.82) is 0 Å². The molecule has 0 bridgehead atoms. The molecule has 1 aromatic heterocycles. The average molecular weight is 295 g/mol. The SMILES string of the molecule is COC(=O)c1ccnc(NCC2(SC)CCCC2)c1N. The van der Waals surface area contributed by atoms with Gasteiger partial charge in [-0.1, -0.05) is 12.8 Å². The van der Waals surface area contributed by atoms with Gasteiger partial charge >= 0.3 is 5.97 Å². The molecule has 0 amide bonds. The first-order valence-corrected chi connectivity index (χ1v) is 7.96. The minimum atomic E-state index is -0.437. The van der Waals surface area contributed by atoms with E-state index in [9.17, 15) is 4.79 Å². The summed E-state index contributed by atoms with van der Waals surface area (Å²) in [4.78, 5) is 15.8. The third-order valence-electron chi connectivity index (χ3n) is 3.92. The van der Waals surface area contributed by atoms with Crippen LogP contribution < -0.4 is 11.1 Å². The molecule has 0 radical (unpaired) electrons. The van der Waals surface area contributed by atoms with Gasteiger partial charge < -0.3 is 15.8 Å². The Hall–Kier alpha value is -1.43. The number of nitrogens with one attached hydrogen (secondary N) is 1. The van der Waals surface area contributed by atoms with Crippen LogP contribution in [0.2, 0.25) is 0 Å². The van der Waals surface area contributed by atoms with Crippen molar-refractivity contribution in [3.8, 4) is 0 Å². The fraction of sp³-hybridized carbons (Fsp3) is 0.571. The van der Waals surface area contributed by atoms with Gasteiger partial charge in [-0.05, 0) is 25.2 Å². The van der Waals surface area contributed by atoms with Crippen molar-refractivity contribution in [2.24, 2.45) is 0 Å². The number of aromatic nitrogens is 1. The molecule has 110 valence electrons. The Labute approximate surface area is 123 Å². The van der Waals surface area contributed by atoms with E-state index in [0.29, 0.717) is 17.1 Å². The number of rotatable bonds is 5. The minimum Gasteiger partial charge on any atom is -0.465 e. The molecule has 1 saturated carbocycles. The summed E-state index contributed by atoms with van der Waals surface area (Å²) < 4.78 is 4.97. The standard InChI is InChI=1S/C14H21N3O2S/c1-19-13(18)10-5-8-16-12(11(10)15)17-9-14(20-2)6-3-4-7-14/h5,8H,3-4,6-7,9,15H2,1-2H3,(H,16,17). The van der Waals surface area contributed by atoms with Crippen molar-refractivity contribution >= 4 is 29.2 Å². The molecule has 1 aromatic rings. The number of methoxy groups -OCH3 is 1. The van der Waals surface area contributed by atoms with Crippen molar-refractivity contribution in [1.82, 2.24) is 4.98 Å². The fourth-order valence-electron chi connectivity index (χ4n) is 2.62. The van der Waals surface area contributed by atoms with Crippen LogP contribution >= 0.6 is 11.8 Å². The number of anilines is 2. The van der Waals surface area contributed by atoms with Crippen LogP contribution in [0.5, 0.6) is 0 Å². The first-order chi connectivity index (χ1) is 9.62. The maximum Gasteiger partial charge on any atom is 0.340 e. The van der Waals surface area contributed by atoms with Crippen molar-refractivity contribution in [2.45, 2.75) is 30.4 Å². The van der Waals surface area contributed by atoms with E-state index in [2.05, 4.69) is 16.6 Å². The second-order valence-electron chi connectivity index (χ2n) is 5.06. The smallest absolute Gasteiger partial charge is 0.340 e. The van der Waals surface area contributed by atoms with E-state index in [1.54, 1.807) is 12.3 Å². The van der Waals surface area contributed by atoms with Gasteiger partial charge in [0.15, 0.2) is 0 Å². The number of pyridine rings is 1. The van der Waals surface area contributed by atoms with Crippen LogP contribution in [-0.4, -0.2) is 35.6 Å². The second kappa shape index (κ2) is 6.35. The Balaban J connectivity index is 2.12. The zero-order valence-corrected chi connectivity index (χ0v) is 12.8. The van der Waals surface area contributed by atoms with Crippen molar-refractivity contribution in [2.75, 3.05) is 31.0 Å². The van der Waals surface area contributed by atoms with Crippen LogP contribution in [0.4, 0.5) is 11.5 Å². The van der Waals surface area contributed by atoms with E-state index in [-0.39, 0.29) is 4.75 Å². The van der Waals surface area contributed by atoms with Gasteiger partial charge in [0.25, 0.3) is 0 Å². The van der Waals surface area contributed by atoms with Gasteiger partial charge in [-0.3, -0.25) is 0 Å². The molecule has 0 saturated heterocycles. The molecule has 1 aliphatic rings. The number of nitrogen functional groups attached to an aromatic ring is 1. The Bertz CT molecular complexity index is 487. The van der Waals surface area contributed by atoms with E-state index in [0.717, 1.165) is 6.54 Å². The number of hydrogen-bond donors (Lipinski definition) is 2. The number of esters is 1. The van der Waals surface area contributed by atoms with Gasteiger partial charge in [0, 0.05) is 17.5 Å². The van der Waals surface area contributed by atoms with Crippen LogP contribution in [0.3, 0.4) is 0 Å². The first-order valence-electron chi connectivity index (χ1n) is 6.74. The molecule has 1 fully saturated rings. The lowest BCUT2D eigenvalue weighted by Crippen LogP contribution is -2.30. The quantitative estimate of drug-likeness (QED) is 0.813. The molecule has 1 heterocycles. The number of carbonyl (C=O) groups excluding carboxylic acids is 1. The maximum atomic E-state index is 11.6. The lowest BCUT2D eigenvalue weighted by atomic mass is 10.1. The molecule has 1 aliphatic carbocycles. The van der Waals surface area contributed by atoms with E-state index in [4.69, 9.17) is 10.5 Å². The summed E-state index contributed by atoms with van der Waals surface area (Å²) in [5.74, 6) is 0.127. The third-order valence-corrected chi connectivity index (χ3v) is 5.34. The zero-order chi connectivity index (χ0) is 14.6. The first kappa shape index (κ1) is 15.0. The predicted octanol–water partition coefficient (Wildman–Crippen LogP) is 2.54. The Morgan fingerprint density at radius 3 is 2.85 bits per heavy atom. The van der Waals surface area contributed by atoms with Gasteiger partial charge in [-0.2, -0.15) is 11.8 Å². The van der Waals surface area contributed by atoms with Gasteiger partial charge in [0.2, 0.25) is 0 Å². The predicted molar refractivity (Wildman–Crippen MR) is 83.2 cm³/mol. The highest BCUT2D eigenvalue weighted by atomic mass is 32.2. The molecule has 20 heavy (non-hydrogen) atoms. The Morgan fingerprint density at radius 2 is 2.25 bits per heavy atom. The zero-order valence-electron chi connectivity index (χ0n) is 11.9. The molecule has 6 heteroatoms. The molecule has 2 rings (SSSR count). The summed E-state index contributed by atoms with van der Waals surface area (Å²) in [6.45, 7) is 0.815. The maximum absolute atomic E-state index is 11.6. The largest absolute Gasteiger partial charge is 0.465 e. The highest BCUT2D eigenvalue weighted by Crippen LogP contribution is 2.40. The molecule has 0 aliphatic heterocycles. The summed E-state index contributed by atoms with van der Waals surface area (Å²) in [6.07, 6.45) is 8.68. The average Bonchev–Trinajstić information content (AvgIpc) is 2.95. The topological polar surface area (TPSA) is 77.2 Å². The van der Waals surface area contributed by atoms with E-state index in [1.807, 2.05) is 11.8 Å². The van der Waals surface area contributed by atoms with Crippen molar-refractivity contribution in [3.05, 3.63) is 17.8 Å². The number of thioether (sulfide) groups is 1. The van der Waals surface area contributed by atoms with E-state index < -0.39 is 5.97 Å². The number of carbonyl (C=O) groups is 1. The Kier molecular flexibility index (Phi) is 4.75. The van der Waals surface area contributed by atoms with Crippen LogP contribution in [0, 0.1) is 0 Å². The lowest BCUT2D eigenvalue weighted by molar-refractivity contribution is 0.0602. The number of nitrogens with two attached hydrogens (primary N) is 1. The molecule has 0 aromatic carbocycles. The van der Waals surface area contributed by atoms with Crippen molar-refractivity contribution < 1.29 is 9.53 Å². The minimum absolute atomic E-state index is 0.259. The lowest BCUT2D eigenvalue weighted by Gasteiger charge is -2.27. The molecule has 3 N–H and O–H groups in total. The van der Waals surface area contributed by atoms with Crippen LogP contribution in [0.1, 0.15) is 36.0 Å². The molecular weight excluding hydrogens is 274 g/mol. The summed E-state index contributed by atoms with van der Waals surface area (Å²) in [7, 11) is 1.34. The fourth-order valence-corrected chi connectivity index (χ4v) is 3.53. The van der Waals surface area contributed by atoms with Crippen LogP contribution in [0.25, 0.3) is 0 Å². The van der Waals surface area contributed by atoms with Gasteiger partial charge in [0.05, 0.1) is 18.4 Å². The summed E-state index contributed by atoms with van der Waals surface area (Å²) in [5, 5.41) is 3.30. The third kappa shape index (κ3) is 3.00. The van der Waals surface area contributed by atoms with Gasteiger partial charge in [-0.15, -0.1) is 0 Å². The van der Waals surface area contributed by atoms with Crippen LogP contribution in [-0.2, 0) is 4.74 Å². The summed E-state index contributed by atoms with van der Waals surface area (Å²) >= 11 is 1.90. The van der Waals surface area contributed by atoms with E-state index >= 15 is 0 Å². The molecule has 0 atom stereocenters. The number of nitrogens with zero attached hydrogens (tertiary/aromatic N) is 1. The molecular formula is C14H21N3O2S. The molecule has 5 nitrogen and oxygen atoms in total. The van der Waals surface area contributed by atoms with Gasteiger partial charge in [-0.25, -0.2) is 9.78 Å². The Morgan fingerprint density at radius 1 is 1.55 bits per heavy atom. The van der Waals surface area contributed by atoms with Crippen molar-refractivity contribution in [3.63, 3.8) is 0 Å². The second-order valence-corrected chi connectivity index (χ2v) is 6.33. The number of ether oxygens (including phenoxy) is 1. The van der Waals surface area contributed by atoms with Crippen LogP contribution in [0.15, 0.2) is 12.3 Å². The highest BCUT2D eigenvalue weighted by molar-refractivity contribution is 8.00. The normalized spacial score (nSPS) is 16.9. The van der Waals surface area contributed by atoms with E-state index in [1.165, 1.54) is 32.8 Å². The highest BCUT2D eigenvalue weighted by Gasteiger charge is 2.33. The molecule has 0 spiro atoms. The summed E-state index contributed by atoms with van der Waals surface area (Å²) in [5.41, 5.74) is 6.71. The molecule has 0 unspecified atom stereocenters. The van der Waals surface area contributed by atoms with Gasteiger partial charge in [0.1, 0.15) is 5.82 Å². The number of hydrogen-bond acceptors (Lipinski definition) is 6. The monoisotopic (exact) mass is 295 g/mol.